The number of amides is 2. The molecule has 0 radical (unpaired) electrons. The zero-order chi connectivity index (χ0) is 15.0. The molecule has 3 N–H and O–H groups in total. The molecule has 0 saturated heterocycles. The molecule has 0 aliphatic rings. The summed E-state index contributed by atoms with van der Waals surface area (Å²) in [7, 11) is 0. The minimum absolute atomic E-state index is 0.132. The van der Waals surface area contributed by atoms with E-state index in [1.807, 2.05) is 0 Å². The van der Waals surface area contributed by atoms with Crippen LogP contribution in [0.3, 0.4) is 0 Å². The van der Waals surface area contributed by atoms with E-state index in [2.05, 4.69) is 5.32 Å². The SMILES string of the molecule is CC(=O)Nc1ccc(CC(=O)N(CCO)CCO)cc1. The second kappa shape index (κ2) is 8.29. The molecule has 0 aliphatic carbocycles. The van der Waals surface area contributed by atoms with Gasteiger partial charge in [-0.3, -0.25) is 9.59 Å². The first-order valence-electron chi connectivity index (χ1n) is 6.43. The second-order valence-electron chi connectivity index (χ2n) is 4.38. The Kier molecular flexibility index (Phi) is 6.69. The molecule has 0 unspecified atom stereocenters. The van der Waals surface area contributed by atoms with Gasteiger partial charge in [-0.25, -0.2) is 0 Å². The lowest BCUT2D eigenvalue weighted by molar-refractivity contribution is -0.131. The summed E-state index contributed by atoms with van der Waals surface area (Å²) in [4.78, 5) is 24.3. The quantitative estimate of drug-likeness (QED) is 0.656. The first kappa shape index (κ1) is 16.1. The Hall–Kier alpha value is -1.92. The number of hydrogen-bond donors (Lipinski definition) is 3. The average Bonchev–Trinajstić information content (AvgIpc) is 2.40. The fraction of sp³-hybridized carbons (Fsp3) is 0.429. The van der Waals surface area contributed by atoms with Crippen molar-refractivity contribution in [3.63, 3.8) is 0 Å². The third-order valence-corrected chi connectivity index (χ3v) is 2.72. The Morgan fingerprint density at radius 2 is 1.65 bits per heavy atom. The zero-order valence-electron chi connectivity index (χ0n) is 11.5. The highest BCUT2D eigenvalue weighted by Crippen LogP contribution is 2.11. The molecule has 0 saturated carbocycles. The highest BCUT2D eigenvalue weighted by molar-refractivity contribution is 5.88. The number of hydrogen-bond acceptors (Lipinski definition) is 4. The fourth-order valence-electron chi connectivity index (χ4n) is 1.80. The van der Waals surface area contributed by atoms with Crippen molar-refractivity contribution < 1.29 is 19.8 Å². The van der Waals surface area contributed by atoms with Gasteiger partial charge in [0.1, 0.15) is 0 Å². The summed E-state index contributed by atoms with van der Waals surface area (Å²) in [6.07, 6.45) is 0.195. The first-order chi connectivity index (χ1) is 9.56. The molecule has 0 bridgehead atoms. The van der Waals surface area contributed by atoms with E-state index in [9.17, 15) is 9.59 Å². The van der Waals surface area contributed by atoms with Gasteiger partial charge in [0.2, 0.25) is 11.8 Å². The van der Waals surface area contributed by atoms with Gasteiger partial charge in [-0.15, -0.1) is 0 Å². The lowest BCUT2D eigenvalue weighted by Crippen LogP contribution is -2.36. The fourth-order valence-corrected chi connectivity index (χ4v) is 1.80. The monoisotopic (exact) mass is 280 g/mol. The molecule has 0 atom stereocenters. The van der Waals surface area contributed by atoms with Crippen LogP contribution in [0.5, 0.6) is 0 Å². The number of benzene rings is 1. The van der Waals surface area contributed by atoms with Crippen molar-refractivity contribution in [3.05, 3.63) is 29.8 Å². The van der Waals surface area contributed by atoms with Gasteiger partial charge in [-0.2, -0.15) is 0 Å². The standard InChI is InChI=1S/C14H20N2O4/c1-11(19)15-13-4-2-12(3-5-13)10-14(20)16(6-8-17)7-9-18/h2-5,17-18H,6-10H2,1H3,(H,15,19). The molecule has 1 aromatic carbocycles. The highest BCUT2D eigenvalue weighted by Gasteiger charge is 2.12. The Labute approximate surface area is 118 Å². The Bertz CT molecular complexity index is 439. The summed E-state index contributed by atoms with van der Waals surface area (Å²) in [5.41, 5.74) is 1.49. The highest BCUT2D eigenvalue weighted by atomic mass is 16.3. The third-order valence-electron chi connectivity index (χ3n) is 2.72. The molecule has 2 amide bonds. The minimum atomic E-state index is -0.152. The smallest absolute Gasteiger partial charge is 0.227 e. The Morgan fingerprint density at radius 1 is 1.10 bits per heavy atom. The molecular formula is C14H20N2O4. The molecule has 1 rings (SSSR count). The Morgan fingerprint density at radius 3 is 2.10 bits per heavy atom. The topological polar surface area (TPSA) is 89.9 Å². The largest absolute Gasteiger partial charge is 0.395 e. The van der Waals surface area contributed by atoms with E-state index in [0.717, 1.165) is 5.56 Å². The van der Waals surface area contributed by atoms with Crippen LogP contribution in [0.15, 0.2) is 24.3 Å². The summed E-state index contributed by atoms with van der Waals surface area (Å²) in [6.45, 7) is 1.59. The van der Waals surface area contributed by atoms with E-state index in [4.69, 9.17) is 10.2 Å². The van der Waals surface area contributed by atoms with Gasteiger partial charge in [0.05, 0.1) is 19.6 Å². The lowest BCUT2D eigenvalue weighted by atomic mass is 10.1. The molecular weight excluding hydrogens is 260 g/mol. The van der Waals surface area contributed by atoms with Gasteiger partial charge in [0, 0.05) is 25.7 Å². The number of aliphatic hydroxyl groups is 2. The number of nitrogens with one attached hydrogen (secondary N) is 1. The zero-order valence-corrected chi connectivity index (χ0v) is 11.5. The van der Waals surface area contributed by atoms with Crippen molar-refractivity contribution in [2.45, 2.75) is 13.3 Å². The van der Waals surface area contributed by atoms with Crippen LogP contribution in [0.25, 0.3) is 0 Å². The summed E-state index contributed by atoms with van der Waals surface area (Å²) < 4.78 is 0. The maximum absolute atomic E-state index is 12.0. The summed E-state index contributed by atoms with van der Waals surface area (Å²) >= 11 is 0. The van der Waals surface area contributed by atoms with E-state index < -0.39 is 0 Å². The molecule has 0 aromatic heterocycles. The minimum Gasteiger partial charge on any atom is -0.395 e. The molecule has 6 nitrogen and oxygen atoms in total. The van der Waals surface area contributed by atoms with Crippen molar-refractivity contribution in [3.8, 4) is 0 Å². The summed E-state index contributed by atoms with van der Waals surface area (Å²) in [6, 6.07) is 6.98. The molecule has 0 aliphatic heterocycles. The van der Waals surface area contributed by atoms with Crippen LogP contribution in [0, 0.1) is 0 Å². The number of rotatable bonds is 7. The predicted octanol–water partition coefficient (Wildman–Crippen LogP) is 0.000700. The average molecular weight is 280 g/mol. The van der Waals surface area contributed by atoms with E-state index in [-0.39, 0.29) is 44.5 Å². The third kappa shape index (κ3) is 5.38. The van der Waals surface area contributed by atoms with Gasteiger partial charge in [0.25, 0.3) is 0 Å². The number of carbonyl (C=O) groups excluding carboxylic acids is 2. The van der Waals surface area contributed by atoms with Crippen molar-refractivity contribution in [2.24, 2.45) is 0 Å². The maximum Gasteiger partial charge on any atom is 0.227 e. The molecule has 0 spiro atoms. The molecule has 1 aromatic rings. The number of anilines is 1. The van der Waals surface area contributed by atoms with Gasteiger partial charge in [-0.05, 0) is 17.7 Å². The van der Waals surface area contributed by atoms with Gasteiger partial charge in [-0.1, -0.05) is 12.1 Å². The van der Waals surface area contributed by atoms with Crippen LogP contribution in [0.1, 0.15) is 12.5 Å². The Balaban J connectivity index is 2.62. The molecule has 0 heterocycles. The van der Waals surface area contributed by atoms with Crippen molar-refractivity contribution >= 4 is 17.5 Å². The van der Waals surface area contributed by atoms with Crippen LogP contribution in [-0.4, -0.2) is 53.2 Å². The second-order valence-corrected chi connectivity index (χ2v) is 4.38. The van der Waals surface area contributed by atoms with E-state index in [1.165, 1.54) is 11.8 Å². The lowest BCUT2D eigenvalue weighted by Gasteiger charge is -2.20. The van der Waals surface area contributed by atoms with E-state index in [1.54, 1.807) is 24.3 Å². The van der Waals surface area contributed by atoms with Crippen LogP contribution < -0.4 is 5.32 Å². The van der Waals surface area contributed by atoms with Crippen LogP contribution in [0.2, 0.25) is 0 Å². The summed E-state index contributed by atoms with van der Waals surface area (Å²) in [5.74, 6) is -0.300. The van der Waals surface area contributed by atoms with Crippen molar-refractivity contribution in [2.75, 3.05) is 31.6 Å². The first-order valence-corrected chi connectivity index (χ1v) is 6.43. The van der Waals surface area contributed by atoms with E-state index in [0.29, 0.717) is 5.69 Å². The number of nitrogens with zero attached hydrogens (tertiary/aromatic N) is 1. The van der Waals surface area contributed by atoms with E-state index >= 15 is 0 Å². The van der Waals surface area contributed by atoms with Crippen molar-refractivity contribution in [1.29, 1.82) is 0 Å². The molecule has 20 heavy (non-hydrogen) atoms. The number of carbonyl (C=O) groups is 2. The molecule has 6 heteroatoms. The predicted molar refractivity (Wildman–Crippen MR) is 75.2 cm³/mol. The molecule has 0 fully saturated rings. The molecule has 110 valence electrons. The number of aliphatic hydroxyl groups excluding tert-OH is 2. The van der Waals surface area contributed by atoms with Gasteiger partial charge < -0.3 is 20.4 Å². The van der Waals surface area contributed by atoms with Crippen LogP contribution >= 0.6 is 0 Å². The van der Waals surface area contributed by atoms with Gasteiger partial charge in [0.15, 0.2) is 0 Å². The van der Waals surface area contributed by atoms with Crippen LogP contribution in [0.4, 0.5) is 5.69 Å². The van der Waals surface area contributed by atoms with Crippen molar-refractivity contribution in [1.82, 2.24) is 4.90 Å². The maximum atomic E-state index is 12.0. The van der Waals surface area contributed by atoms with Gasteiger partial charge >= 0.3 is 0 Å². The van der Waals surface area contributed by atoms with Crippen LogP contribution in [-0.2, 0) is 16.0 Å². The normalized spacial score (nSPS) is 10.2. The summed E-state index contributed by atoms with van der Waals surface area (Å²) in [5, 5.41) is 20.4.